The van der Waals surface area contributed by atoms with Gasteiger partial charge in [0.15, 0.2) is 0 Å². The van der Waals surface area contributed by atoms with E-state index in [2.05, 4.69) is 36.1 Å². The fourth-order valence-electron chi connectivity index (χ4n) is 6.18. The SMILES string of the molecule is C.CC(C)(C)OC(=O)Nc1ccc(CNC(=O)c2cccc3c2cnn3-c2ccc(F)cc2)cn1.Nc1ccc(CNC(=O)c2cccc3c2cnn3-c2ccc(F)cc2)cn1. The topological polar surface area (TPSA) is 184 Å². The maximum atomic E-state index is 13.3. The zero-order valence-electron chi connectivity index (χ0n) is 33.3. The number of ether oxygens (including phenoxy) is 1. The van der Waals surface area contributed by atoms with E-state index in [0.717, 1.165) is 33.2 Å². The van der Waals surface area contributed by atoms with E-state index in [4.69, 9.17) is 10.5 Å². The Kier molecular flexibility index (Phi) is 13.3. The minimum absolute atomic E-state index is 0. The average molecular weight is 839 g/mol. The average Bonchev–Trinajstić information content (AvgIpc) is 3.88. The fourth-order valence-corrected chi connectivity index (χ4v) is 6.18. The number of fused-ring (bicyclic) bond motifs is 2. The van der Waals surface area contributed by atoms with Crippen LogP contribution in [-0.4, -0.2) is 53.0 Å². The first kappa shape index (κ1) is 43.6. The second-order valence-corrected chi connectivity index (χ2v) is 14.7. The number of hydrogen-bond donors (Lipinski definition) is 4. The standard InChI is InChI=1S/C25H24FN5O3.C20H16FN5O.CH4/c1-25(2,3)34-24(33)30-22-12-7-16(13-27-22)14-28-23(32)19-5-4-6-21-20(19)15-29-31(21)18-10-8-17(26)9-11-18;21-14-5-7-15(8-6-14)26-18-3-1-2-16(17(18)12-25-26)20(27)24-11-13-4-9-19(22)23-10-13;/h4-13,15H,14H2,1-3H3,(H,28,32)(H,27,30,33);1-10,12H,11H2,(H2,22,23)(H,24,27);1H4. The summed E-state index contributed by atoms with van der Waals surface area (Å²) in [6.45, 7) is 5.93. The van der Waals surface area contributed by atoms with Crippen molar-refractivity contribution in [2.75, 3.05) is 11.1 Å². The van der Waals surface area contributed by atoms with Crippen LogP contribution in [-0.2, 0) is 17.8 Å². The number of aromatic nitrogens is 6. The molecule has 316 valence electrons. The molecule has 0 aliphatic rings. The number of hydrogen-bond acceptors (Lipinski definition) is 9. The van der Waals surface area contributed by atoms with Crippen LogP contribution in [0.4, 0.5) is 25.2 Å². The third-order valence-electron chi connectivity index (χ3n) is 9.07. The van der Waals surface area contributed by atoms with Crippen LogP contribution in [0.25, 0.3) is 33.2 Å². The van der Waals surface area contributed by atoms with Gasteiger partial charge in [0, 0.05) is 36.3 Å². The number of nitrogens with two attached hydrogens (primary N) is 1. The molecular weight excluding hydrogens is 795 g/mol. The Bertz CT molecular complexity index is 2820. The maximum absolute atomic E-state index is 13.3. The van der Waals surface area contributed by atoms with Gasteiger partial charge >= 0.3 is 6.09 Å². The van der Waals surface area contributed by atoms with Crippen molar-refractivity contribution in [2.45, 2.75) is 46.9 Å². The molecule has 8 aromatic rings. The van der Waals surface area contributed by atoms with Crippen LogP contribution in [0, 0.1) is 11.6 Å². The Hall–Kier alpha value is -8.01. The van der Waals surface area contributed by atoms with Crippen LogP contribution in [0.5, 0.6) is 0 Å². The van der Waals surface area contributed by atoms with Crippen LogP contribution in [0.15, 0.2) is 134 Å². The van der Waals surface area contributed by atoms with Crippen LogP contribution >= 0.6 is 0 Å². The molecule has 4 aromatic heterocycles. The van der Waals surface area contributed by atoms with Crippen LogP contribution < -0.4 is 21.7 Å². The van der Waals surface area contributed by atoms with E-state index in [9.17, 15) is 23.2 Å². The Morgan fingerprint density at radius 1 is 0.629 bits per heavy atom. The second kappa shape index (κ2) is 18.9. The Morgan fingerprint density at radius 3 is 1.52 bits per heavy atom. The van der Waals surface area contributed by atoms with E-state index in [1.54, 1.807) is 122 Å². The van der Waals surface area contributed by atoms with E-state index in [-0.39, 0.29) is 37.4 Å². The highest BCUT2D eigenvalue weighted by Crippen LogP contribution is 2.24. The molecule has 0 radical (unpaired) electrons. The quantitative estimate of drug-likeness (QED) is 0.111. The summed E-state index contributed by atoms with van der Waals surface area (Å²) >= 11 is 0. The lowest BCUT2D eigenvalue weighted by Crippen LogP contribution is -2.27. The summed E-state index contributed by atoms with van der Waals surface area (Å²) in [5.74, 6) is -0.336. The van der Waals surface area contributed by atoms with E-state index >= 15 is 0 Å². The lowest BCUT2D eigenvalue weighted by Gasteiger charge is -2.19. The summed E-state index contributed by atoms with van der Waals surface area (Å²) in [4.78, 5) is 45.6. The fraction of sp³-hybridized carbons (Fsp3) is 0.152. The number of nitrogens with zero attached hydrogens (tertiary/aromatic N) is 6. The molecule has 0 aliphatic carbocycles. The molecule has 0 spiro atoms. The largest absolute Gasteiger partial charge is 0.444 e. The van der Waals surface area contributed by atoms with Gasteiger partial charge in [0.2, 0.25) is 0 Å². The van der Waals surface area contributed by atoms with E-state index in [1.807, 2.05) is 18.2 Å². The Balaban J connectivity index is 0.000000209. The molecular formula is C46H44F2N10O4. The van der Waals surface area contributed by atoms with Gasteiger partial charge in [-0.25, -0.2) is 32.9 Å². The van der Waals surface area contributed by atoms with Crippen molar-refractivity contribution in [1.29, 1.82) is 0 Å². The summed E-state index contributed by atoms with van der Waals surface area (Å²) in [7, 11) is 0. The molecule has 62 heavy (non-hydrogen) atoms. The first-order chi connectivity index (χ1) is 29.3. The molecule has 0 atom stereocenters. The smallest absolute Gasteiger partial charge is 0.413 e. The molecule has 3 amide bonds. The lowest BCUT2D eigenvalue weighted by atomic mass is 10.1. The number of anilines is 2. The van der Waals surface area contributed by atoms with E-state index in [0.29, 0.717) is 40.4 Å². The van der Waals surface area contributed by atoms with Gasteiger partial charge in [-0.1, -0.05) is 31.7 Å². The summed E-state index contributed by atoms with van der Waals surface area (Å²) in [5.41, 5.74) is 10.5. The van der Waals surface area contributed by atoms with Crippen molar-refractivity contribution >= 4 is 51.3 Å². The zero-order valence-corrected chi connectivity index (χ0v) is 33.3. The first-order valence-electron chi connectivity index (χ1n) is 19.0. The maximum Gasteiger partial charge on any atom is 0.413 e. The number of amides is 3. The van der Waals surface area contributed by atoms with Gasteiger partial charge in [0.05, 0.1) is 45.9 Å². The molecule has 5 N–H and O–H groups in total. The van der Waals surface area contributed by atoms with Crippen molar-refractivity contribution in [1.82, 2.24) is 40.2 Å². The number of pyridine rings is 2. The van der Waals surface area contributed by atoms with E-state index in [1.165, 1.54) is 24.3 Å². The predicted octanol–water partition coefficient (Wildman–Crippen LogP) is 8.54. The molecule has 0 aliphatic heterocycles. The molecule has 8 rings (SSSR count). The van der Waals surface area contributed by atoms with Gasteiger partial charge in [-0.2, -0.15) is 10.2 Å². The third-order valence-corrected chi connectivity index (χ3v) is 9.07. The summed E-state index contributed by atoms with van der Waals surface area (Å²) in [5, 5.41) is 18.4. The molecule has 14 nitrogen and oxygen atoms in total. The number of carbonyl (C=O) groups excluding carboxylic acids is 3. The van der Waals surface area contributed by atoms with Crippen LogP contribution in [0.3, 0.4) is 0 Å². The van der Waals surface area contributed by atoms with Gasteiger partial charge in [-0.05, 0) is 117 Å². The minimum Gasteiger partial charge on any atom is -0.444 e. The van der Waals surface area contributed by atoms with Crippen molar-refractivity contribution < 1.29 is 27.9 Å². The van der Waals surface area contributed by atoms with Crippen LogP contribution in [0.1, 0.15) is 60.0 Å². The highest BCUT2D eigenvalue weighted by molar-refractivity contribution is 6.07. The number of halogens is 2. The number of rotatable bonds is 9. The number of carbonyl (C=O) groups is 3. The summed E-state index contributed by atoms with van der Waals surface area (Å²) in [6, 6.07) is 29.7. The van der Waals surface area contributed by atoms with Gasteiger partial charge in [-0.15, -0.1) is 0 Å². The highest BCUT2D eigenvalue weighted by atomic mass is 19.1. The number of benzene rings is 4. The molecule has 0 unspecified atom stereocenters. The molecule has 16 heteroatoms. The number of nitrogen functional groups attached to an aromatic ring is 1. The van der Waals surface area contributed by atoms with Gasteiger partial charge < -0.3 is 21.1 Å². The molecule has 0 saturated carbocycles. The van der Waals surface area contributed by atoms with Crippen molar-refractivity contribution in [3.05, 3.63) is 168 Å². The van der Waals surface area contributed by atoms with Crippen LogP contribution in [0.2, 0.25) is 0 Å². The second-order valence-electron chi connectivity index (χ2n) is 14.7. The summed E-state index contributed by atoms with van der Waals surface area (Å²) in [6.07, 6.45) is 5.86. The first-order valence-corrected chi connectivity index (χ1v) is 19.0. The molecule has 4 heterocycles. The van der Waals surface area contributed by atoms with E-state index < -0.39 is 11.7 Å². The summed E-state index contributed by atoms with van der Waals surface area (Å²) < 4.78 is 35.0. The van der Waals surface area contributed by atoms with Crippen molar-refractivity contribution in [3.8, 4) is 11.4 Å². The predicted molar refractivity (Wildman–Crippen MR) is 234 cm³/mol. The Labute approximate surface area is 355 Å². The highest BCUT2D eigenvalue weighted by Gasteiger charge is 2.18. The van der Waals surface area contributed by atoms with Gasteiger partial charge in [-0.3, -0.25) is 14.9 Å². The molecule has 0 fully saturated rings. The van der Waals surface area contributed by atoms with Crippen molar-refractivity contribution in [2.24, 2.45) is 0 Å². The van der Waals surface area contributed by atoms with Gasteiger partial charge in [0.1, 0.15) is 28.9 Å². The Morgan fingerprint density at radius 2 is 1.10 bits per heavy atom. The molecule has 0 saturated heterocycles. The zero-order chi connectivity index (χ0) is 43.1. The normalized spacial score (nSPS) is 10.9. The number of nitrogens with one attached hydrogen (secondary N) is 3. The van der Waals surface area contributed by atoms with Crippen molar-refractivity contribution in [3.63, 3.8) is 0 Å². The monoisotopic (exact) mass is 838 g/mol. The minimum atomic E-state index is -0.604. The third kappa shape index (κ3) is 10.6. The molecule has 0 bridgehead atoms. The lowest BCUT2D eigenvalue weighted by molar-refractivity contribution is 0.0634. The molecule has 4 aromatic carbocycles. The van der Waals surface area contributed by atoms with Gasteiger partial charge in [0.25, 0.3) is 11.8 Å².